The predicted molar refractivity (Wildman–Crippen MR) is 63.5 cm³/mol. The standard InChI is InChI=1S/C13H19NO2/c1-10(11-4-3-5-13(15)8-11)14(2)12-6-7-16-9-12/h3-5,8,10,12,15H,6-7,9H2,1-2H3. The van der Waals surface area contributed by atoms with E-state index >= 15 is 0 Å². The quantitative estimate of drug-likeness (QED) is 0.849. The molecule has 0 aliphatic carbocycles. The van der Waals surface area contributed by atoms with Crippen LogP contribution in [0.5, 0.6) is 5.75 Å². The molecule has 0 aromatic heterocycles. The van der Waals surface area contributed by atoms with Gasteiger partial charge in [0.2, 0.25) is 0 Å². The van der Waals surface area contributed by atoms with Crippen molar-refractivity contribution in [2.45, 2.75) is 25.4 Å². The Morgan fingerprint density at radius 2 is 2.31 bits per heavy atom. The van der Waals surface area contributed by atoms with Gasteiger partial charge in [0.1, 0.15) is 5.75 Å². The number of ether oxygens (including phenoxy) is 1. The van der Waals surface area contributed by atoms with E-state index in [0.29, 0.717) is 17.8 Å². The smallest absolute Gasteiger partial charge is 0.115 e. The first kappa shape index (κ1) is 11.4. The largest absolute Gasteiger partial charge is 0.508 e. The predicted octanol–water partition coefficient (Wildman–Crippen LogP) is 2.17. The van der Waals surface area contributed by atoms with Crippen LogP contribution in [0.15, 0.2) is 24.3 Å². The highest BCUT2D eigenvalue weighted by molar-refractivity contribution is 5.29. The second kappa shape index (κ2) is 4.85. The van der Waals surface area contributed by atoms with Crippen LogP contribution in [0.25, 0.3) is 0 Å². The third kappa shape index (κ3) is 2.36. The molecule has 1 aromatic rings. The molecule has 16 heavy (non-hydrogen) atoms. The van der Waals surface area contributed by atoms with E-state index in [1.165, 1.54) is 0 Å². The molecule has 1 aliphatic rings. The summed E-state index contributed by atoms with van der Waals surface area (Å²) in [5.41, 5.74) is 1.15. The van der Waals surface area contributed by atoms with Crippen LogP contribution in [0.4, 0.5) is 0 Å². The molecule has 1 saturated heterocycles. The van der Waals surface area contributed by atoms with E-state index in [2.05, 4.69) is 24.9 Å². The van der Waals surface area contributed by atoms with Gasteiger partial charge < -0.3 is 9.84 Å². The molecule has 0 amide bonds. The van der Waals surface area contributed by atoms with E-state index in [1.54, 1.807) is 6.07 Å². The summed E-state index contributed by atoms with van der Waals surface area (Å²) in [5, 5.41) is 9.47. The molecule has 1 aromatic carbocycles. The van der Waals surface area contributed by atoms with Gasteiger partial charge in [-0.1, -0.05) is 12.1 Å². The number of rotatable bonds is 3. The molecule has 3 heteroatoms. The van der Waals surface area contributed by atoms with Gasteiger partial charge in [0.25, 0.3) is 0 Å². The molecule has 2 unspecified atom stereocenters. The highest BCUT2D eigenvalue weighted by atomic mass is 16.5. The van der Waals surface area contributed by atoms with Gasteiger partial charge in [-0.3, -0.25) is 4.90 Å². The highest BCUT2D eigenvalue weighted by Gasteiger charge is 2.24. The molecular weight excluding hydrogens is 202 g/mol. The fraction of sp³-hybridized carbons (Fsp3) is 0.538. The van der Waals surface area contributed by atoms with Gasteiger partial charge in [0, 0.05) is 18.7 Å². The first-order valence-corrected chi connectivity index (χ1v) is 5.77. The Morgan fingerprint density at radius 1 is 1.50 bits per heavy atom. The third-order valence-corrected chi connectivity index (χ3v) is 3.45. The summed E-state index contributed by atoms with van der Waals surface area (Å²) >= 11 is 0. The van der Waals surface area contributed by atoms with Gasteiger partial charge in [-0.2, -0.15) is 0 Å². The van der Waals surface area contributed by atoms with Crippen LogP contribution in [0, 0.1) is 0 Å². The molecule has 1 N–H and O–H groups in total. The average molecular weight is 221 g/mol. The van der Waals surface area contributed by atoms with Crippen LogP contribution in [-0.4, -0.2) is 36.3 Å². The highest BCUT2D eigenvalue weighted by Crippen LogP contribution is 2.26. The van der Waals surface area contributed by atoms with Gasteiger partial charge in [0.05, 0.1) is 6.61 Å². The fourth-order valence-electron chi connectivity index (χ4n) is 2.18. The second-order valence-electron chi connectivity index (χ2n) is 4.45. The number of likely N-dealkylation sites (N-methyl/N-ethyl adjacent to an activating group) is 1. The molecule has 2 atom stereocenters. The molecule has 0 radical (unpaired) electrons. The summed E-state index contributed by atoms with van der Waals surface area (Å²) in [6.45, 7) is 3.84. The second-order valence-corrected chi connectivity index (χ2v) is 4.45. The number of hydrogen-bond acceptors (Lipinski definition) is 3. The van der Waals surface area contributed by atoms with E-state index in [9.17, 15) is 5.11 Å². The van der Waals surface area contributed by atoms with Crippen molar-refractivity contribution in [1.82, 2.24) is 4.90 Å². The van der Waals surface area contributed by atoms with Crippen molar-refractivity contribution in [3.05, 3.63) is 29.8 Å². The Labute approximate surface area is 96.6 Å². The minimum absolute atomic E-state index is 0.304. The Kier molecular flexibility index (Phi) is 3.46. The van der Waals surface area contributed by atoms with Crippen molar-refractivity contribution in [2.24, 2.45) is 0 Å². The van der Waals surface area contributed by atoms with Crippen LogP contribution in [0.3, 0.4) is 0 Å². The summed E-state index contributed by atoms with van der Waals surface area (Å²) in [4.78, 5) is 2.32. The molecule has 1 heterocycles. The van der Waals surface area contributed by atoms with E-state index in [-0.39, 0.29) is 0 Å². The van der Waals surface area contributed by atoms with Crippen LogP contribution >= 0.6 is 0 Å². The van der Waals surface area contributed by atoms with E-state index in [0.717, 1.165) is 25.2 Å². The number of benzene rings is 1. The lowest BCUT2D eigenvalue weighted by atomic mass is 10.0. The number of phenolic OH excluding ortho intramolecular Hbond substituents is 1. The van der Waals surface area contributed by atoms with Gasteiger partial charge in [-0.25, -0.2) is 0 Å². The molecule has 0 bridgehead atoms. The van der Waals surface area contributed by atoms with Crippen molar-refractivity contribution in [2.75, 3.05) is 20.3 Å². The minimum atomic E-state index is 0.304. The van der Waals surface area contributed by atoms with Gasteiger partial charge in [-0.15, -0.1) is 0 Å². The van der Waals surface area contributed by atoms with E-state index in [4.69, 9.17) is 4.74 Å². The number of phenols is 1. The summed E-state index contributed by atoms with van der Waals surface area (Å²) in [6, 6.07) is 8.28. The van der Waals surface area contributed by atoms with Crippen LogP contribution < -0.4 is 0 Å². The van der Waals surface area contributed by atoms with Gasteiger partial charge >= 0.3 is 0 Å². The Morgan fingerprint density at radius 3 is 2.94 bits per heavy atom. The lowest BCUT2D eigenvalue weighted by molar-refractivity contribution is 0.138. The van der Waals surface area contributed by atoms with Crippen molar-refractivity contribution >= 4 is 0 Å². The first-order chi connectivity index (χ1) is 7.68. The molecule has 3 nitrogen and oxygen atoms in total. The Bertz CT molecular complexity index is 348. The van der Waals surface area contributed by atoms with Crippen molar-refractivity contribution in [3.63, 3.8) is 0 Å². The Hall–Kier alpha value is -1.06. The van der Waals surface area contributed by atoms with Crippen LogP contribution in [0.1, 0.15) is 24.9 Å². The fourth-order valence-corrected chi connectivity index (χ4v) is 2.18. The van der Waals surface area contributed by atoms with Crippen LogP contribution in [-0.2, 0) is 4.74 Å². The lowest BCUT2D eigenvalue weighted by Crippen LogP contribution is -2.34. The van der Waals surface area contributed by atoms with Crippen molar-refractivity contribution < 1.29 is 9.84 Å². The number of aromatic hydroxyl groups is 1. The molecule has 1 aliphatic heterocycles. The molecule has 1 fully saturated rings. The van der Waals surface area contributed by atoms with Crippen molar-refractivity contribution in [3.8, 4) is 5.75 Å². The summed E-state index contributed by atoms with van der Waals surface area (Å²) < 4.78 is 5.40. The minimum Gasteiger partial charge on any atom is -0.508 e. The molecular formula is C13H19NO2. The SMILES string of the molecule is CC(c1cccc(O)c1)N(C)C1CCOC1. The maximum absolute atomic E-state index is 9.47. The zero-order valence-electron chi connectivity index (χ0n) is 9.89. The molecule has 2 rings (SSSR count). The first-order valence-electron chi connectivity index (χ1n) is 5.77. The molecule has 0 saturated carbocycles. The maximum Gasteiger partial charge on any atom is 0.115 e. The average Bonchev–Trinajstić information content (AvgIpc) is 2.80. The summed E-state index contributed by atoms with van der Waals surface area (Å²) in [5.74, 6) is 0.334. The lowest BCUT2D eigenvalue weighted by Gasteiger charge is -2.30. The monoisotopic (exact) mass is 221 g/mol. The topological polar surface area (TPSA) is 32.7 Å². The zero-order valence-corrected chi connectivity index (χ0v) is 9.89. The molecule has 88 valence electrons. The normalized spacial score (nSPS) is 22.6. The van der Waals surface area contributed by atoms with E-state index in [1.807, 2.05) is 12.1 Å². The Balaban J connectivity index is 2.08. The maximum atomic E-state index is 9.47. The summed E-state index contributed by atoms with van der Waals surface area (Å²) in [7, 11) is 2.12. The van der Waals surface area contributed by atoms with Crippen molar-refractivity contribution in [1.29, 1.82) is 0 Å². The zero-order chi connectivity index (χ0) is 11.5. The van der Waals surface area contributed by atoms with Crippen LogP contribution in [0.2, 0.25) is 0 Å². The molecule has 0 spiro atoms. The third-order valence-electron chi connectivity index (χ3n) is 3.45. The summed E-state index contributed by atoms with van der Waals surface area (Å²) in [6.07, 6.45) is 1.10. The van der Waals surface area contributed by atoms with Gasteiger partial charge in [-0.05, 0) is 38.1 Å². The number of nitrogens with zero attached hydrogens (tertiary/aromatic N) is 1. The number of hydrogen-bond donors (Lipinski definition) is 1. The van der Waals surface area contributed by atoms with E-state index < -0.39 is 0 Å². The van der Waals surface area contributed by atoms with Gasteiger partial charge in [0.15, 0.2) is 0 Å².